The normalized spacial score (nSPS) is 16.0. The van der Waals surface area contributed by atoms with E-state index in [1.54, 1.807) is 13.0 Å². The number of rotatable bonds is 3. The molecule has 1 aliphatic rings. The number of carboxylic acids is 1. The van der Waals surface area contributed by atoms with Crippen LogP contribution >= 0.6 is 0 Å². The lowest BCUT2D eigenvalue weighted by molar-refractivity contribution is 0.0692. The van der Waals surface area contributed by atoms with Gasteiger partial charge in [0, 0.05) is 6.54 Å². The zero-order valence-corrected chi connectivity index (χ0v) is 9.59. The number of benzene rings is 1. The summed E-state index contributed by atoms with van der Waals surface area (Å²) in [6.45, 7) is 3.26. The number of carboxylic acid groups (broad SMARTS) is 1. The summed E-state index contributed by atoms with van der Waals surface area (Å²) >= 11 is 0. The highest BCUT2D eigenvalue weighted by atomic mass is 16.5. The van der Waals surface area contributed by atoms with Crippen LogP contribution in [0.1, 0.15) is 17.3 Å². The van der Waals surface area contributed by atoms with Gasteiger partial charge in [-0.1, -0.05) is 6.07 Å². The van der Waals surface area contributed by atoms with E-state index in [0.717, 1.165) is 5.69 Å². The summed E-state index contributed by atoms with van der Waals surface area (Å²) in [7, 11) is 0. The fraction of sp³-hybridized carbons (Fsp3) is 0.417. The van der Waals surface area contributed by atoms with Gasteiger partial charge in [0.1, 0.15) is 12.2 Å². The molecule has 1 atom stereocenters. The van der Waals surface area contributed by atoms with Crippen LogP contribution in [0.3, 0.4) is 0 Å². The smallest absolute Gasteiger partial charge is 0.339 e. The van der Waals surface area contributed by atoms with Gasteiger partial charge in [-0.15, -0.1) is 0 Å². The van der Waals surface area contributed by atoms with Crippen molar-refractivity contribution in [2.45, 2.75) is 13.0 Å². The second kappa shape index (κ2) is 4.63. The van der Waals surface area contributed by atoms with E-state index in [2.05, 4.69) is 0 Å². The third-order valence-corrected chi connectivity index (χ3v) is 2.66. The molecule has 1 heterocycles. The van der Waals surface area contributed by atoms with Gasteiger partial charge in [-0.2, -0.15) is 0 Å². The van der Waals surface area contributed by atoms with Crippen molar-refractivity contribution in [1.82, 2.24) is 0 Å². The van der Waals surface area contributed by atoms with Crippen LogP contribution in [0.2, 0.25) is 0 Å². The number of hydrogen-bond acceptors (Lipinski definition) is 4. The van der Waals surface area contributed by atoms with Gasteiger partial charge in [0.15, 0.2) is 5.75 Å². The Balaban J connectivity index is 2.38. The molecule has 0 saturated carbocycles. The molecule has 5 heteroatoms. The van der Waals surface area contributed by atoms with E-state index in [9.17, 15) is 9.90 Å². The molecule has 1 unspecified atom stereocenters. The molecule has 1 aromatic rings. The maximum Gasteiger partial charge on any atom is 0.339 e. The highest BCUT2D eigenvalue weighted by Gasteiger charge is 2.23. The molecule has 0 spiro atoms. The lowest BCUT2D eigenvalue weighted by atomic mass is 10.1. The second-order valence-corrected chi connectivity index (χ2v) is 4.10. The maximum absolute atomic E-state index is 11.1. The van der Waals surface area contributed by atoms with Crippen LogP contribution in [0.5, 0.6) is 5.75 Å². The topological polar surface area (TPSA) is 70.0 Å². The van der Waals surface area contributed by atoms with Gasteiger partial charge in [0.2, 0.25) is 0 Å². The summed E-state index contributed by atoms with van der Waals surface area (Å²) in [5, 5.41) is 18.5. The van der Waals surface area contributed by atoms with Crippen molar-refractivity contribution in [2.24, 2.45) is 0 Å². The number of β-amino-alcohol motifs (C(OH)–C–C–N with tert-alkyl or cyclic N) is 1. The van der Waals surface area contributed by atoms with Crippen molar-refractivity contribution in [3.8, 4) is 5.75 Å². The number of aliphatic hydroxyl groups excluding tert-OH is 1. The van der Waals surface area contributed by atoms with Crippen molar-refractivity contribution in [2.75, 3.05) is 24.6 Å². The highest BCUT2D eigenvalue weighted by molar-refractivity contribution is 5.93. The number of ether oxygens (including phenoxy) is 1. The average molecular weight is 237 g/mol. The monoisotopic (exact) mass is 237 g/mol. The summed E-state index contributed by atoms with van der Waals surface area (Å²) in [5.41, 5.74) is 0.898. The van der Waals surface area contributed by atoms with Crippen LogP contribution in [0.4, 0.5) is 5.69 Å². The SMILES string of the molecule is CC(O)CN1CCOc2c(C(=O)O)cccc21. The molecule has 1 aromatic carbocycles. The predicted molar refractivity (Wildman–Crippen MR) is 62.8 cm³/mol. The number of aliphatic hydroxyl groups is 1. The number of aromatic carboxylic acids is 1. The molecule has 0 aromatic heterocycles. The van der Waals surface area contributed by atoms with E-state index in [-0.39, 0.29) is 5.56 Å². The van der Waals surface area contributed by atoms with Crippen molar-refractivity contribution in [1.29, 1.82) is 0 Å². The third kappa shape index (κ3) is 2.34. The van der Waals surface area contributed by atoms with Crippen molar-refractivity contribution >= 4 is 11.7 Å². The Morgan fingerprint density at radius 2 is 2.35 bits per heavy atom. The van der Waals surface area contributed by atoms with E-state index < -0.39 is 12.1 Å². The number of carbonyl (C=O) groups is 1. The molecule has 0 bridgehead atoms. The molecule has 0 aliphatic carbocycles. The molecule has 92 valence electrons. The molecule has 2 rings (SSSR count). The lowest BCUT2D eigenvalue weighted by Gasteiger charge is -2.32. The minimum atomic E-state index is -0.999. The van der Waals surface area contributed by atoms with Crippen LogP contribution < -0.4 is 9.64 Å². The van der Waals surface area contributed by atoms with Crippen molar-refractivity contribution in [3.63, 3.8) is 0 Å². The Labute approximate surface area is 99.2 Å². The Kier molecular flexibility index (Phi) is 3.19. The molecular weight excluding hydrogens is 222 g/mol. The summed E-state index contributed by atoms with van der Waals surface area (Å²) in [4.78, 5) is 13.0. The molecule has 1 aliphatic heterocycles. The quantitative estimate of drug-likeness (QED) is 0.819. The number of fused-ring (bicyclic) bond motifs is 1. The standard InChI is InChI=1S/C12H15NO4/c1-8(14)7-13-5-6-17-11-9(12(15)16)3-2-4-10(11)13/h2-4,8,14H,5-7H2,1H3,(H,15,16). The van der Waals surface area contributed by atoms with Crippen LogP contribution in [-0.4, -0.2) is 42.0 Å². The summed E-state index contributed by atoms with van der Waals surface area (Å²) in [6.07, 6.45) is -0.463. The van der Waals surface area contributed by atoms with Crippen LogP contribution in [0.15, 0.2) is 18.2 Å². The molecule has 0 amide bonds. The van der Waals surface area contributed by atoms with Crippen LogP contribution in [-0.2, 0) is 0 Å². The summed E-state index contributed by atoms with van der Waals surface area (Å²) < 4.78 is 5.42. The molecule has 2 N–H and O–H groups in total. The van der Waals surface area contributed by atoms with Gasteiger partial charge in [0.05, 0.1) is 18.3 Å². The molecular formula is C12H15NO4. The van der Waals surface area contributed by atoms with E-state index in [1.165, 1.54) is 6.07 Å². The molecule has 5 nitrogen and oxygen atoms in total. The minimum Gasteiger partial charge on any atom is -0.489 e. The first-order chi connectivity index (χ1) is 8.09. The Bertz CT molecular complexity index is 431. The van der Waals surface area contributed by atoms with E-state index in [0.29, 0.717) is 25.4 Å². The summed E-state index contributed by atoms with van der Waals surface area (Å²) in [6, 6.07) is 5.02. The van der Waals surface area contributed by atoms with Gasteiger partial charge < -0.3 is 19.8 Å². The number of para-hydroxylation sites is 1. The van der Waals surface area contributed by atoms with Gasteiger partial charge in [0.25, 0.3) is 0 Å². The number of anilines is 1. The van der Waals surface area contributed by atoms with Crippen LogP contribution in [0, 0.1) is 0 Å². The number of hydrogen-bond donors (Lipinski definition) is 2. The van der Waals surface area contributed by atoms with E-state index in [1.807, 2.05) is 11.0 Å². The first-order valence-corrected chi connectivity index (χ1v) is 5.51. The molecule has 0 radical (unpaired) electrons. The highest BCUT2D eigenvalue weighted by Crippen LogP contribution is 2.34. The maximum atomic E-state index is 11.1. The average Bonchev–Trinajstić information content (AvgIpc) is 2.28. The zero-order chi connectivity index (χ0) is 12.4. The third-order valence-electron chi connectivity index (χ3n) is 2.66. The van der Waals surface area contributed by atoms with E-state index in [4.69, 9.17) is 9.84 Å². The first-order valence-electron chi connectivity index (χ1n) is 5.51. The molecule has 0 fully saturated rings. The first kappa shape index (κ1) is 11.7. The zero-order valence-electron chi connectivity index (χ0n) is 9.59. The lowest BCUT2D eigenvalue weighted by Crippen LogP contribution is -2.38. The van der Waals surface area contributed by atoms with Gasteiger partial charge in [-0.3, -0.25) is 0 Å². The van der Waals surface area contributed by atoms with Gasteiger partial charge in [-0.25, -0.2) is 4.79 Å². The molecule has 17 heavy (non-hydrogen) atoms. The Morgan fingerprint density at radius 1 is 1.59 bits per heavy atom. The largest absolute Gasteiger partial charge is 0.489 e. The van der Waals surface area contributed by atoms with Gasteiger partial charge >= 0.3 is 5.97 Å². The van der Waals surface area contributed by atoms with E-state index >= 15 is 0 Å². The Morgan fingerprint density at radius 3 is 3.00 bits per heavy atom. The summed E-state index contributed by atoms with van der Waals surface area (Å²) in [5.74, 6) is -0.604. The minimum absolute atomic E-state index is 0.165. The fourth-order valence-corrected chi connectivity index (χ4v) is 1.98. The molecule has 0 saturated heterocycles. The fourth-order valence-electron chi connectivity index (χ4n) is 1.98. The Hall–Kier alpha value is -1.75. The van der Waals surface area contributed by atoms with Gasteiger partial charge in [-0.05, 0) is 19.1 Å². The predicted octanol–water partition coefficient (Wildman–Crippen LogP) is 0.964. The van der Waals surface area contributed by atoms with Crippen LogP contribution in [0.25, 0.3) is 0 Å². The van der Waals surface area contributed by atoms with Crippen molar-refractivity contribution in [3.05, 3.63) is 23.8 Å². The van der Waals surface area contributed by atoms with Crippen molar-refractivity contribution < 1.29 is 19.7 Å². The number of nitrogens with zero attached hydrogens (tertiary/aromatic N) is 1. The second-order valence-electron chi connectivity index (χ2n) is 4.10.